The number of hydrogen-bond acceptors (Lipinski definition) is 3. The van der Waals surface area contributed by atoms with Crippen LogP contribution in [0.15, 0.2) is 0 Å². The molecular formula is C8H16N2O. The second-order valence-corrected chi connectivity index (χ2v) is 3.46. The summed E-state index contributed by atoms with van der Waals surface area (Å²) >= 11 is 0. The van der Waals surface area contributed by atoms with Gasteiger partial charge in [-0.05, 0) is 19.3 Å². The highest BCUT2D eigenvalue weighted by molar-refractivity contribution is 4.82. The van der Waals surface area contributed by atoms with Crippen molar-refractivity contribution in [1.29, 1.82) is 0 Å². The summed E-state index contributed by atoms with van der Waals surface area (Å²) in [5.41, 5.74) is 5.89. The van der Waals surface area contributed by atoms with Crippen LogP contribution >= 0.6 is 0 Å². The van der Waals surface area contributed by atoms with Gasteiger partial charge in [-0.15, -0.1) is 0 Å². The molecule has 2 atom stereocenters. The van der Waals surface area contributed by atoms with E-state index in [1.807, 2.05) is 0 Å². The van der Waals surface area contributed by atoms with Gasteiger partial charge in [0.05, 0.1) is 6.61 Å². The molecule has 0 aromatic carbocycles. The minimum Gasteiger partial charge on any atom is -0.361 e. The molecule has 2 fully saturated rings. The van der Waals surface area contributed by atoms with Gasteiger partial charge in [-0.3, -0.25) is 4.90 Å². The molecular weight excluding hydrogens is 140 g/mol. The van der Waals surface area contributed by atoms with Gasteiger partial charge < -0.3 is 10.5 Å². The van der Waals surface area contributed by atoms with Crippen molar-refractivity contribution in [3.63, 3.8) is 0 Å². The van der Waals surface area contributed by atoms with E-state index in [9.17, 15) is 0 Å². The van der Waals surface area contributed by atoms with Crippen LogP contribution in [0.1, 0.15) is 19.3 Å². The van der Waals surface area contributed by atoms with Crippen molar-refractivity contribution >= 4 is 0 Å². The molecule has 0 aromatic rings. The van der Waals surface area contributed by atoms with E-state index in [2.05, 4.69) is 4.90 Å². The molecule has 2 unspecified atom stereocenters. The first-order chi connectivity index (χ1) is 5.38. The lowest BCUT2D eigenvalue weighted by atomic mass is 10.2. The van der Waals surface area contributed by atoms with Crippen molar-refractivity contribution in [3.8, 4) is 0 Å². The van der Waals surface area contributed by atoms with Gasteiger partial charge in [0.15, 0.2) is 0 Å². The lowest BCUT2D eigenvalue weighted by Gasteiger charge is -2.25. The summed E-state index contributed by atoms with van der Waals surface area (Å²) in [6.45, 7) is 3.21. The zero-order chi connectivity index (χ0) is 7.68. The quantitative estimate of drug-likeness (QED) is 0.587. The van der Waals surface area contributed by atoms with E-state index in [1.54, 1.807) is 0 Å². The molecule has 0 bridgehead atoms. The molecule has 0 aliphatic carbocycles. The molecule has 2 aliphatic heterocycles. The van der Waals surface area contributed by atoms with Crippen molar-refractivity contribution in [2.45, 2.75) is 31.5 Å². The van der Waals surface area contributed by atoms with Crippen molar-refractivity contribution in [3.05, 3.63) is 0 Å². The summed E-state index contributed by atoms with van der Waals surface area (Å²) in [6.07, 6.45) is 3.89. The van der Waals surface area contributed by atoms with Gasteiger partial charge in [0, 0.05) is 19.1 Å². The lowest BCUT2D eigenvalue weighted by Crippen LogP contribution is -2.43. The topological polar surface area (TPSA) is 38.5 Å². The molecule has 64 valence electrons. The summed E-state index contributed by atoms with van der Waals surface area (Å²) in [4.78, 5) is 2.37. The van der Waals surface area contributed by atoms with Crippen LogP contribution in [0.25, 0.3) is 0 Å². The van der Waals surface area contributed by atoms with Crippen LogP contribution in [-0.2, 0) is 4.74 Å². The van der Waals surface area contributed by atoms with Crippen LogP contribution in [0.5, 0.6) is 0 Å². The van der Waals surface area contributed by atoms with E-state index in [0.717, 1.165) is 13.0 Å². The van der Waals surface area contributed by atoms with E-state index in [4.69, 9.17) is 10.5 Å². The Bertz CT molecular complexity index is 134. The summed E-state index contributed by atoms with van der Waals surface area (Å²) in [7, 11) is 0. The average molecular weight is 156 g/mol. The summed E-state index contributed by atoms with van der Waals surface area (Å²) in [5, 5.41) is 0. The Kier molecular flexibility index (Phi) is 2.11. The molecule has 2 N–H and O–H groups in total. The van der Waals surface area contributed by atoms with Crippen molar-refractivity contribution in [2.75, 3.05) is 19.7 Å². The van der Waals surface area contributed by atoms with E-state index in [0.29, 0.717) is 0 Å². The first kappa shape index (κ1) is 7.53. The number of nitrogens with zero attached hydrogens (tertiary/aromatic N) is 1. The number of nitrogens with two attached hydrogens (primary N) is 1. The van der Waals surface area contributed by atoms with Gasteiger partial charge >= 0.3 is 0 Å². The predicted octanol–water partition coefficient (Wildman–Crippen LogP) is 0.156. The summed E-state index contributed by atoms with van der Waals surface area (Å²) in [6, 6.07) is 0.257. The Labute approximate surface area is 67.5 Å². The predicted molar refractivity (Wildman–Crippen MR) is 43.1 cm³/mol. The zero-order valence-electron chi connectivity index (χ0n) is 6.83. The highest BCUT2D eigenvalue weighted by Gasteiger charge is 2.31. The van der Waals surface area contributed by atoms with Crippen LogP contribution < -0.4 is 5.73 Å². The van der Waals surface area contributed by atoms with E-state index >= 15 is 0 Å². The molecule has 0 aromatic heterocycles. The minimum atomic E-state index is 0.234. The zero-order valence-corrected chi connectivity index (χ0v) is 6.83. The van der Waals surface area contributed by atoms with Crippen LogP contribution in [0.2, 0.25) is 0 Å². The van der Waals surface area contributed by atoms with Crippen molar-refractivity contribution < 1.29 is 4.74 Å². The van der Waals surface area contributed by atoms with Crippen LogP contribution in [0.4, 0.5) is 0 Å². The lowest BCUT2D eigenvalue weighted by molar-refractivity contribution is -0.0133. The summed E-state index contributed by atoms with van der Waals surface area (Å²) < 4.78 is 5.55. The normalized spacial score (nSPS) is 40.1. The Morgan fingerprint density at radius 2 is 2.00 bits per heavy atom. The Balaban J connectivity index is 1.92. The van der Waals surface area contributed by atoms with Crippen molar-refractivity contribution in [2.24, 2.45) is 5.73 Å². The molecule has 11 heavy (non-hydrogen) atoms. The Morgan fingerprint density at radius 1 is 1.27 bits per heavy atom. The van der Waals surface area contributed by atoms with E-state index < -0.39 is 0 Å². The summed E-state index contributed by atoms with van der Waals surface area (Å²) in [5.74, 6) is 0. The second-order valence-electron chi connectivity index (χ2n) is 3.46. The molecule has 2 aliphatic rings. The second kappa shape index (κ2) is 3.09. The van der Waals surface area contributed by atoms with Gasteiger partial charge in [0.2, 0.25) is 0 Å². The molecule has 2 heterocycles. The molecule has 0 radical (unpaired) electrons. The molecule has 3 heteroatoms. The molecule has 0 spiro atoms. The monoisotopic (exact) mass is 156 g/mol. The highest BCUT2D eigenvalue weighted by Crippen LogP contribution is 2.20. The first-order valence-electron chi connectivity index (χ1n) is 4.49. The number of likely N-dealkylation sites (tertiary alicyclic amines) is 1. The molecule has 2 saturated heterocycles. The SMILES string of the molecule is NC1CCOC1N1CCCC1. The molecule has 2 rings (SSSR count). The number of rotatable bonds is 1. The van der Waals surface area contributed by atoms with E-state index in [1.165, 1.54) is 25.9 Å². The minimum absolute atomic E-state index is 0.234. The van der Waals surface area contributed by atoms with Gasteiger partial charge in [-0.25, -0.2) is 0 Å². The van der Waals surface area contributed by atoms with Crippen molar-refractivity contribution in [1.82, 2.24) is 4.90 Å². The fraction of sp³-hybridized carbons (Fsp3) is 1.00. The maximum Gasteiger partial charge on any atom is 0.125 e. The fourth-order valence-electron chi connectivity index (χ4n) is 1.96. The van der Waals surface area contributed by atoms with Crippen LogP contribution in [0.3, 0.4) is 0 Å². The largest absolute Gasteiger partial charge is 0.361 e. The van der Waals surface area contributed by atoms with Gasteiger partial charge in [-0.1, -0.05) is 0 Å². The standard InChI is InChI=1S/C8H16N2O/c9-7-3-6-11-8(7)10-4-1-2-5-10/h7-8H,1-6,9H2. The smallest absolute Gasteiger partial charge is 0.125 e. The van der Waals surface area contributed by atoms with Crippen LogP contribution in [-0.4, -0.2) is 36.9 Å². The fourth-order valence-corrected chi connectivity index (χ4v) is 1.96. The van der Waals surface area contributed by atoms with E-state index in [-0.39, 0.29) is 12.3 Å². The Morgan fingerprint density at radius 3 is 2.55 bits per heavy atom. The van der Waals surface area contributed by atoms with Crippen LogP contribution in [0, 0.1) is 0 Å². The molecule has 0 saturated carbocycles. The van der Waals surface area contributed by atoms with Gasteiger partial charge in [-0.2, -0.15) is 0 Å². The third-order valence-electron chi connectivity index (χ3n) is 2.61. The first-order valence-corrected chi connectivity index (χ1v) is 4.49. The molecule has 3 nitrogen and oxygen atoms in total. The maximum atomic E-state index is 5.89. The number of ether oxygens (including phenoxy) is 1. The van der Waals surface area contributed by atoms with Gasteiger partial charge in [0.25, 0.3) is 0 Å². The highest BCUT2D eigenvalue weighted by atomic mass is 16.5. The third-order valence-corrected chi connectivity index (χ3v) is 2.61. The average Bonchev–Trinajstić information content (AvgIpc) is 2.55. The maximum absolute atomic E-state index is 5.89. The van der Waals surface area contributed by atoms with Gasteiger partial charge in [0.1, 0.15) is 6.23 Å². The number of hydrogen-bond donors (Lipinski definition) is 1. The Hall–Kier alpha value is -0.120. The molecule has 0 amide bonds. The third kappa shape index (κ3) is 1.41.